The Kier molecular flexibility index (Phi) is 7.31. The zero-order valence-electron chi connectivity index (χ0n) is 9.73. The topological polar surface area (TPSA) is 186 Å². The van der Waals surface area contributed by atoms with Gasteiger partial charge in [0.25, 0.3) is 0 Å². The lowest BCUT2D eigenvalue weighted by Gasteiger charge is -2.18. The standard InChI is InChI=1S/C6H8O7.CHF3O3S/c7-3(8)1-6(13,5(11)12)2-4(9)10;2-1(3,4)8(5,6)7/h13H,1-2H2,(H,7,8)(H,9,10)(H,11,12);(H,5,6,7). The molecule has 0 bridgehead atoms. The van der Waals surface area contributed by atoms with Gasteiger partial charge in [-0.05, 0) is 0 Å². The maximum absolute atomic E-state index is 10.7. The van der Waals surface area contributed by atoms with Gasteiger partial charge < -0.3 is 20.4 Å². The van der Waals surface area contributed by atoms with E-state index in [0.29, 0.717) is 0 Å². The van der Waals surface area contributed by atoms with Crippen molar-refractivity contribution in [1.29, 1.82) is 0 Å². The van der Waals surface area contributed by atoms with Crippen LogP contribution in [0.1, 0.15) is 12.8 Å². The lowest BCUT2D eigenvalue weighted by atomic mass is 9.96. The molecule has 0 unspecified atom stereocenters. The highest BCUT2D eigenvalue weighted by molar-refractivity contribution is 7.86. The van der Waals surface area contributed by atoms with Crippen LogP contribution < -0.4 is 0 Å². The lowest BCUT2D eigenvalue weighted by molar-refractivity contribution is -0.170. The fourth-order valence-electron chi connectivity index (χ4n) is 0.714. The summed E-state index contributed by atoms with van der Waals surface area (Å²) in [5.74, 6) is -5.02. The van der Waals surface area contributed by atoms with Crippen LogP contribution in [0, 0.1) is 0 Å². The third-order valence-electron chi connectivity index (χ3n) is 1.58. The van der Waals surface area contributed by atoms with E-state index in [0.717, 1.165) is 0 Å². The van der Waals surface area contributed by atoms with Crippen LogP contribution in [0.15, 0.2) is 0 Å². The van der Waals surface area contributed by atoms with Gasteiger partial charge in [-0.15, -0.1) is 0 Å². The molecule has 0 heterocycles. The molecule has 0 aromatic carbocycles. The molecule has 0 amide bonds. The molecule has 0 spiro atoms. The number of hydrogen-bond acceptors (Lipinski definition) is 6. The van der Waals surface area contributed by atoms with E-state index in [2.05, 4.69) is 0 Å². The van der Waals surface area contributed by atoms with Crippen molar-refractivity contribution in [2.45, 2.75) is 24.0 Å². The largest absolute Gasteiger partial charge is 0.522 e. The molecule has 0 radical (unpaired) electrons. The van der Waals surface area contributed by atoms with E-state index >= 15 is 0 Å². The van der Waals surface area contributed by atoms with E-state index in [4.69, 9.17) is 33.4 Å². The van der Waals surface area contributed by atoms with Gasteiger partial charge in [0.2, 0.25) is 0 Å². The molecule has 0 aliphatic heterocycles. The summed E-state index contributed by atoms with van der Waals surface area (Å²) in [4.78, 5) is 30.5. The van der Waals surface area contributed by atoms with Gasteiger partial charge in [0.15, 0.2) is 5.60 Å². The third-order valence-corrected chi connectivity index (χ3v) is 2.16. The lowest BCUT2D eigenvalue weighted by Crippen LogP contribution is -2.42. The van der Waals surface area contributed by atoms with Crippen LogP contribution in [0.5, 0.6) is 0 Å². The molecule has 21 heavy (non-hydrogen) atoms. The van der Waals surface area contributed by atoms with Crippen molar-refractivity contribution in [3.8, 4) is 0 Å². The second kappa shape index (κ2) is 7.19. The van der Waals surface area contributed by atoms with Crippen molar-refractivity contribution >= 4 is 28.0 Å². The monoisotopic (exact) mass is 342 g/mol. The van der Waals surface area contributed by atoms with E-state index in [9.17, 15) is 27.6 Å². The molecule has 0 aliphatic carbocycles. The van der Waals surface area contributed by atoms with Gasteiger partial charge in [-0.2, -0.15) is 21.6 Å². The van der Waals surface area contributed by atoms with E-state index in [-0.39, 0.29) is 0 Å². The molecule has 0 rings (SSSR count). The van der Waals surface area contributed by atoms with Crippen molar-refractivity contribution in [3.63, 3.8) is 0 Å². The number of alkyl halides is 3. The number of halogens is 3. The van der Waals surface area contributed by atoms with E-state index < -0.39 is 52.0 Å². The SMILES string of the molecule is O=C(O)CC(O)(CC(=O)O)C(=O)O.O=S(=O)(O)C(F)(F)F. The smallest absolute Gasteiger partial charge is 0.481 e. The van der Waals surface area contributed by atoms with Crippen molar-refractivity contribution in [3.05, 3.63) is 0 Å². The summed E-state index contributed by atoms with van der Waals surface area (Å²) >= 11 is 0. The Labute approximate surface area is 114 Å². The number of carboxylic acid groups (broad SMARTS) is 3. The number of aliphatic carboxylic acids is 3. The molecule has 124 valence electrons. The average molecular weight is 342 g/mol. The fraction of sp³-hybridized carbons (Fsp3) is 0.571. The summed E-state index contributed by atoms with van der Waals surface area (Å²) in [6, 6.07) is 0. The molecular weight excluding hydrogens is 333 g/mol. The Bertz CT molecular complexity index is 491. The van der Waals surface area contributed by atoms with Gasteiger partial charge in [-0.25, -0.2) is 4.79 Å². The Balaban J connectivity index is 0. The van der Waals surface area contributed by atoms with Crippen molar-refractivity contribution in [2.24, 2.45) is 0 Å². The third kappa shape index (κ3) is 8.77. The second-order valence-electron chi connectivity index (χ2n) is 3.40. The second-order valence-corrected chi connectivity index (χ2v) is 4.81. The summed E-state index contributed by atoms with van der Waals surface area (Å²) in [5, 5.41) is 33.8. The molecular formula is C7H9F3O10S. The summed E-state index contributed by atoms with van der Waals surface area (Å²) in [5.41, 5.74) is -8.27. The van der Waals surface area contributed by atoms with Gasteiger partial charge >= 0.3 is 33.5 Å². The highest BCUT2D eigenvalue weighted by atomic mass is 32.2. The van der Waals surface area contributed by atoms with Crippen molar-refractivity contribution < 1.29 is 61.0 Å². The number of hydrogen-bond donors (Lipinski definition) is 5. The maximum Gasteiger partial charge on any atom is 0.522 e. The minimum absolute atomic E-state index is 1.14. The molecule has 0 atom stereocenters. The van der Waals surface area contributed by atoms with Crippen LogP contribution in [0.2, 0.25) is 0 Å². The molecule has 10 nitrogen and oxygen atoms in total. The van der Waals surface area contributed by atoms with Crippen LogP contribution >= 0.6 is 0 Å². The first-order valence-electron chi connectivity index (χ1n) is 4.46. The van der Waals surface area contributed by atoms with Gasteiger partial charge in [0.1, 0.15) is 0 Å². The minimum Gasteiger partial charge on any atom is -0.481 e. The maximum atomic E-state index is 10.7. The zero-order chi connectivity index (χ0) is 17.6. The van der Waals surface area contributed by atoms with E-state index in [1.54, 1.807) is 0 Å². The number of carboxylic acids is 3. The normalized spacial score (nSPS) is 12.0. The van der Waals surface area contributed by atoms with Gasteiger partial charge in [0, 0.05) is 0 Å². The first kappa shape index (κ1) is 21.4. The zero-order valence-corrected chi connectivity index (χ0v) is 10.6. The van der Waals surface area contributed by atoms with E-state index in [1.165, 1.54) is 0 Å². The fourth-order valence-corrected chi connectivity index (χ4v) is 0.714. The summed E-state index contributed by atoms with van der Waals surface area (Å²) in [7, 11) is -5.84. The minimum atomic E-state index is -5.84. The summed E-state index contributed by atoms with van der Waals surface area (Å²) in [6.07, 6.45) is -2.29. The molecule has 5 N–H and O–H groups in total. The molecule has 0 fully saturated rings. The van der Waals surface area contributed by atoms with Crippen LogP contribution in [0.3, 0.4) is 0 Å². The Morgan fingerprint density at radius 1 is 0.905 bits per heavy atom. The average Bonchev–Trinajstić information content (AvgIpc) is 2.11. The molecule has 0 aromatic rings. The number of carbonyl (C=O) groups is 3. The first-order chi connectivity index (χ1) is 9.03. The number of rotatable bonds is 5. The van der Waals surface area contributed by atoms with Crippen LogP contribution in [-0.4, -0.2) is 62.4 Å². The van der Waals surface area contributed by atoms with Crippen LogP contribution in [0.25, 0.3) is 0 Å². The Hall–Kier alpha value is -1.93. The van der Waals surface area contributed by atoms with Crippen LogP contribution in [-0.2, 0) is 24.5 Å². The summed E-state index contributed by atoms with van der Waals surface area (Å²) < 4.78 is 57.5. The molecule has 0 saturated heterocycles. The van der Waals surface area contributed by atoms with Crippen molar-refractivity contribution in [1.82, 2.24) is 0 Å². The van der Waals surface area contributed by atoms with Gasteiger partial charge in [-0.1, -0.05) is 0 Å². The molecule has 0 aliphatic rings. The molecule has 14 heteroatoms. The van der Waals surface area contributed by atoms with Gasteiger partial charge in [0.05, 0.1) is 12.8 Å². The highest BCUT2D eigenvalue weighted by Crippen LogP contribution is 2.20. The molecule has 0 saturated carbocycles. The van der Waals surface area contributed by atoms with Gasteiger partial charge in [-0.3, -0.25) is 14.1 Å². The number of aliphatic hydroxyl groups is 1. The first-order valence-corrected chi connectivity index (χ1v) is 5.90. The van der Waals surface area contributed by atoms with Crippen LogP contribution in [0.4, 0.5) is 13.2 Å². The van der Waals surface area contributed by atoms with Crippen molar-refractivity contribution in [2.75, 3.05) is 0 Å². The predicted octanol–water partition coefficient (Wildman–Crippen LogP) is -0.854. The summed E-state index contributed by atoms with van der Waals surface area (Å²) in [6.45, 7) is 0. The quantitative estimate of drug-likeness (QED) is 0.311. The highest BCUT2D eigenvalue weighted by Gasteiger charge is 2.44. The van der Waals surface area contributed by atoms with E-state index in [1.807, 2.05) is 0 Å². The Morgan fingerprint density at radius 2 is 1.14 bits per heavy atom. The Morgan fingerprint density at radius 3 is 1.24 bits per heavy atom. The molecule has 0 aromatic heterocycles. The predicted molar refractivity (Wildman–Crippen MR) is 54.7 cm³/mol.